The second kappa shape index (κ2) is 12.4. The number of esters is 1. The number of piperidine rings is 1. The van der Waals surface area contributed by atoms with Crippen molar-refractivity contribution in [1.82, 2.24) is 15.6 Å². The molecule has 2 aromatic rings. The molecule has 1 amide bonds. The van der Waals surface area contributed by atoms with Crippen molar-refractivity contribution in [3.63, 3.8) is 0 Å². The predicted octanol–water partition coefficient (Wildman–Crippen LogP) is 4.13. The summed E-state index contributed by atoms with van der Waals surface area (Å²) in [7, 11) is 1.66. The number of carbonyl (C=O) groups excluding carboxylic acids is 2. The Morgan fingerprint density at radius 3 is 2.51 bits per heavy atom. The fraction of sp³-hybridized carbons (Fsp3) is 0.552. The lowest BCUT2D eigenvalue weighted by Gasteiger charge is -2.40. The zero-order valence-electron chi connectivity index (χ0n) is 22.5. The molecule has 2 aliphatic heterocycles. The minimum absolute atomic E-state index is 0.0273. The molecule has 8 nitrogen and oxygen atoms in total. The van der Waals surface area contributed by atoms with E-state index in [0.29, 0.717) is 35.9 Å². The van der Waals surface area contributed by atoms with Crippen molar-refractivity contribution in [2.45, 2.75) is 83.5 Å². The normalized spacial score (nSPS) is 20.7. The highest BCUT2D eigenvalue weighted by molar-refractivity contribution is 5.96. The first-order valence-electron chi connectivity index (χ1n) is 13.5. The Labute approximate surface area is 220 Å². The van der Waals surface area contributed by atoms with Crippen molar-refractivity contribution < 1.29 is 19.1 Å². The number of amides is 1. The molecule has 2 bridgehead atoms. The number of nitrogens with one attached hydrogen (secondary N) is 2. The Bertz CT molecular complexity index is 1060. The smallest absolute Gasteiger partial charge is 0.339 e. The molecule has 3 heterocycles. The summed E-state index contributed by atoms with van der Waals surface area (Å²) >= 11 is 0. The molecule has 2 aliphatic rings. The van der Waals surface area contributed by atoms with Crippen LogP contribution in [-0.2, 0) is 11.2 Å². The third kappa shape index (κ3) is 6.42. The van der Waals surface area contributed by atoms with Gasteiger partial charge in [0.25, 0.3) is 5.91 Å². The average Bonchev–Trinajstić information content (AvgIpc) is 3.16. The van der Waals surface area contributed by atoms with Gasteiger partial charge < -0.3 is 25.0 Å². The summed E-state index contributed by atoms with van der Waals surface area (Å²) in [4.78, 5) is 32.4. The summed E-state index contributed by atoms with van der Waals surface area (Å²) in [5, 5.41) is 6.77. The Kier molecular flexibility index (Phi) is 9.03. The van der Waals surface area contributed by atoms with Crippen LogP contribution in [0.1, 0.15) is 79.2 Å². The quantitative estimate of drug-likeness (QED) is 0.348. The van der Waals surface area contributed by atoms with Gasteiger partial charge in [-0.05, 0) is 76.3 Å². The third-order valence-corrected chi connectivity index (χ3v) is 7.35. The molecule has 2 saturated heterocycles. The number of pyridine rings is 1. The van der Waals surface area contributed by atoms with E-state index in [1.165, 1.54) is 0 Å². The van der Waals surface area contributed by atoms with Gasteiger partial charge in [-0.15, -0.1) is 0 Å². The number of aromatic nitrogens is 1. The monoisotopic (exact) mass is 508 g/mol. The van der Waals surface area contributed by atoms with Crippen molar-refractivity contribution in [2.24, 2.45) is 0 Å². The molecule has 37 heavy (non-hydrogen) atoms. The van der Waals surface area contributed by atoms with Gasteiger partial charge in [0, 0.05) is 41.5 Å². The van der Waals surface area contributed by atoms with E-state index in [4.69, 9.17) is 9.47 Å². The highest BCUT2D eigenvalue weighted by atomic mass is 16.5. The number of hydrogen-bond donors (Lipinski definition) is 2. The predicted molar refractivity (Wildman–Crippen MR) is 144 cm³/mol. The second-order valence-corrected chi connectivity index (χ2v) is 10.3. The highest BCUT2D eigenvalue weighted by Crippen LogP contribution is 2.38. The lowest BCUT2D eigenvalue weighted by atomic mass is 9.95. The summed E-state index contributed by atoms with van der Waals surface area (Å²) in [5.74, 6) is 1.28. The zero-order valence-corrected chi connectivity index (χ0v) is 22.5. The molecule has 1 aromatic carbocycles. The number of anilines is 1. The Hall–Kier alpha value is -3.13. The number of hydrogen-bond acceptors (Lipinski definition) is 7. The van der Waals surface area contributed by atoms with Gasteiger partial charge in [0.05, 0.1) is 19.3 Å². The largest absolute Gasteiger partial charge is 0.496 e. The van der Waals surface area contributed by atoms with E-state index < -0.39 is 0 Å². The van der Waals surface area contributed by atoms with E-state index >= 15 is 0 Å². The average molecular weight is 509 g/mol. The number of ether oxygens (including phenoxy) is 2. The topological polar surface area (TPSA) is 92.8 Å². The molecular formula is C29H40N4O4. The first kappa shape index (κ1) is 26.9. The number of rotatable bonds is 11. The minimum atomic E-state index is -0.348. The molecule has 2 N–H and O–H groups in total. The van der Waals surface area contributed by atoms with E-state index in [9.17, 15) is 9.59 Å². The van der Waals surface area contributed by atoms with Crippen LogP contribution in [0.15, 0.2) is 36.5 Å². The van der Waals surface area contributed by atoms with Gasteiger partial charge in [-0.25, -0.2) is 9.78 Å². The van der Waals surface area contributed by atoms with Gasteiger partial charge in [0.15, 0.2) is 0 Å². The van der Waals surface area contributed by atoms with Crippen molar-refractivity contribution in [2.75, 3.05) is 25.2 Å². The summed E-state index contributed by atoms with van der Waals surface area (Å²) in [6.07, 6.45) is 7.22. The van der Waals surface area contributed by atoms with Gasteiger partial charge in [0.1, 0.15) is 11.6 Å². The molecule has 3 atom stereocenters. The summed E-state index contributed by atoms with van der Waals surface area (Å²) in [6, 6.07) is 10.6. The van der Waals surface area contributed by atoms with Crippen LogP contribution in [0.5, 0.6) is 5.75 Å². The van der Waals surface area contributed by atoms with E-state index in [0.717, 1.165) is 62.2 Å². The summed E-state index contributed by atoms with van der Waals surface area (Å²) < 4.78 is 10.7. The summed E-state index contributed by atoms with van der Waals surface area (Å²) in [6.45, 7) is 7.30. The van der Waals surface area contributed by atoms with Crippen LogP contribution in [-0.4, -0.2) is 61.3 Å². The molecule has 0 spiro atoms. The number of methoxy groups -OCH3 is 1. The first-order chi connectivity index (χ1) is 17.9. The lowest BCUT2D eigenvalue weighted by molar-refractivity contribution is 0.0525. The first-order valence-corrected chi connectivity index (χ1v) is 13.5. The fourth-order valence-electron chi connectivity index (χ4n) is 5.69. The fourth-order valence-corrected chi connectivity index (χ4v) is 5.69. The van der Waals surface area contributed by atoms with E-state index in [1.807, 2.05) is 24.3 Å². The summed E-state index contributed by atoms with van der Waals surface area (Å²) in [5.41, 5.74) is 2.14. The van der Waals surface area contributed by atoms with E-state index in [1.54, 1.807) is 26.3 Å². The molecule has 8 heteroatoms. The van der Waals surface area contributed by atoms with Crippen LogP contribution in [0.4, 0.5) is 5.82 Å². The molecule has 2 fully saturated rings. The molecule has 1 aromatic heterocycles. The van der Waals surface area contributed by atoms with Gasteiger partial charge in [0.2, 0.25) is 0 Å². The number of fused-ring (bicyclic) bond motifs is 2. The number of benzene rings is 1. The molecule has 200 valence electrons. The minimum Gasteiger partial charge on any atom is -0.496 e. The standard InChI is InChI=1S/C29H40N4O4/c1-5-37-29(35)20-11-14-27(31-18-20)33-22-12-13-23(33)17-21(16-22)32-28(34)25-8-6-10-26(36-4)24(25)9-7-15-30-19(2)3/h6,8,10-11,14,18-19,21-23,30H,5,7,9,12-13,15-17H2,1-4H3,(H,32,34)/t21?,22-,23+. The number of carbonyl (C=O) groups is 2. The van der Waals surface area contributed by atoms with Crippen molar-refractivity contribution >= 4 is 17.7 Å². The molecular weight excluding hydrogens is 468 g/mol. The van der Waals surface area contributed by atoms with Crippen LogP contribution in [0.2, 0.25) is 0 Å². The van der Waals surface area contributed by atoms with Gasteiger partial charge in [-0.1, -0.05) is 19.9 Å². The van der Waals surface area contributed by atoms with Crippen molar-refractivity contribution in [3.8, 4) is 5.75 Å². The number of nitrogens with zero attached hydrogens (tertiary/aromatic N) is 2. The van der Waals surface area contributed by atoms with Crippen LogP contribution in [0, 0.1) is 0 Å². The van der Waals surface area contributed by atoms with Crippen LogP contribution < -0.4 is 20.3 Å². The lowest BCUT2D eigenvalue weighted by Crippen LogP contribution is -2.50. The van der Waals surface area contributed by atoms with E-state index in [-0.39, 0.29) is 17.9 Å². The van der Waals surface area contributed by atoms with Crippen LogP contribution in [0.25, 0.3) is 0 Å². The van der Waals surface area contributed by atoms with Crippen LogP contribution >= 0.6 is 0 Å². The highest BCUT2D eigenvalue weighted by Gasteiger charge is 2.42. The van der Waals surface area contributed by atoms with Crippen molar-refractivity contribution in [1.29, 1.82) is 0 Å². The molecule has 0 aliphatic carbocycles. The maximum absolute atomic E-state index is 13.4. The van der Waals surface area contributed by atoms with Gasteiger partial charge in [-0.2, -0.15) is 0 Å². The second-order valence-electron chi connectivity index (χ2n) is 10.3. The van der Waals surface area contributed by atoms with Gasteiger partial charge in [-0.3, -0.25) is 4.79 Å². The Morgan fingerprint density at radius 1 is 1.14 bits per heavy atom. The Balaban J connectivity index is 1.40. The maximum atomic E-state index is 13.4. The molecule has 4 rings (SSSR count). The van der Waals surface area contributed by atoms with Crippen LogP contribution in [0.3, 0.4) is 0 Å². The van der Waals surface area contributed by atoms with Crippen molar-refractivity contribution in [3.05, 3.63) is 53.2 Å². The molecule has 0 radical (unpaired) electrons. The SMILES string of the molecule is CCOC(=O)c1ccc(N2[C@@H]3CC[C@H]2CC(NC(=O)c2cccc(OC)c2CCCNC(C)C)C3)nc1. The zero-order chi connectivity index (χ0) is 26.4. The molecule has 0 saturated carbocycles. The van der Waals surface area contributed by atoms with Gasteiger partial charge >= 0.3 is 5.97 Å². The molecule has 1 unspecified atom stereocenters. The van der Waals surface area contributed by atoms with E-state index in [2.05, 4.69) is 34.4 Å². The third-order valence-electron chi connectivity index (χ3n) is 7.35. The maximum Gasteiger partial charge on any atom is 0.339 e. The Morgan fingerprint density at radius 2 is 1.89 bits per heavy atom.